The van der Waals surface area contributed by atoms with Gasteiger partial charge in [-0.2, -0.15) is 0 Å². The van der Waals surface area contributed by atoms with Gasteiger partial charge in [-0.15, -0.1) is 0 Å². The Morgan fingerprint density at radius 2 is 2.23 bits per heavy atom. The number of aromatic nitrogens is 1. The smallest absolute Gasteiger partial charge is 0.264 e. The zero-order valence-corrected chi connectivity index (χ0v) is 10.0. The standard InChI is InChI=1S/C7H5BrF2INO/c8-5-1-3(6(9)10)4(2-13)7(11)12-5/h1,6,13H,2H2. The van der Waals surface area contributed by atoms with Crippen LogP contribution in [0.15, 0.2) is 10.7 Å². The summed E-state index contributed by atoms with van der Waals surface area (Å²) in [6.07, 6.45) is -2.59. The molecular weight excluding hydrogens is 359 g/mol. The lowest BCUT2D eigenvalue weighted by Gasteiger charge is -2.08. The lowest BCUT2D eigenvalue weighted by Crippen LogP contribution is -2.00. The quantitative estimate of drug-likeness (QED) is 0.647. The number of nitrogens with zero attached hydrogens (tertiary/aromatic N) is 1. The van der Waals surface area contributed by atoms with Gasteiger partial charge in [-0.05, 0) is 44.6 Å². The fourth-order valence-corrected chi connectivity index (χ4v) is 2.38. The van der Waals surface area contributed by atoms with Crippen molar-refractivity contribution in [3.63, 3.8) is 0 Å². The van der Waals surface area contributed by atoms with Gasteiger partial charge in [-0.1, -0.05) is 0 Å². The van der Waals surface area contributed by atoms with Crippen molar-refractivity contribution in [3.8, 4) is 0 Å². The van der Waals surface area contributed by atoms with Gasteiger partial charge >= 0.3 is 0 Å². The van der Waals surface area contributed by atoms with Crippen LogP contribution in [0.1, 0.15) is 17.6 Å². The zero-order valence-electron chi connectivity index (χ0n) is 6.27. The number of rotatable bonds is 2. The number of hydrogen-bond acceptors (Lipinski definition) is 2. The Balaban J connectivity index is 3.29. The molecule has 6 heteroatoms. The van der Waals surface area contributed by atoms with E-state index in [-0.39, 0.29) is 11.1 Å². The SMILES string of the molecule is OCc1c(C(F)F)cc(Br)nc1I. The first-order valence-corrected chi connectivity index (χ1v) is 5.17. The Bertz CT molecular complexity index is 322. The summed E-state index contributed by atoms with van der Waals surface area (Å²) in [7, 11) is 0. The van der Waals surface area contributed by atoms with E-state index in [4.69, 9.17) is 5.11 Å². The fraction of sp³-hybridized carbons (Fsp3) is 0.286. The Labute approximate surface area is 95.6 Å². The second-order valence-corrected chi connectivity index (χ2v) is 4.10. The molecule has 0 aromatic carbocycles. The summed E-state index contributed by atoms with van der Waals surface area (Å²) in [5, 5.41) is 8.85. The van der Waals surface area contributed by atoms with Crippen LogP contribution >= 0.6 is 38.5 Å². The summed E-state index contributed by atoms with van der Waals surface area (Å²) in [6.45, 7) is -0.418. The van der Waals surface area contributed by atoms with Gasteiger partial charge in [0.2, 0.25) is 0 Å². The molecule has 0 atom stereocenters. The van der Waals surface area contributed by atoms with Gasteiger partial charge in [-0.25, -0.2) is 13.8 Å². The molecule has 0 radical (unpaired) electrons. The average Bonchev–Trinajstić information content (AvgIpc) is 2.02. The van der Waals surface area contributed by atoms with Gasteiger partial charge in [0.1, 0.15) is 8.30 Å². The van der Waals surface area contributed by atoms with Crippen LogP contribution in [-0.4, -0.2) is 10.1 Å². The molecule has 1 aromatic rings. The number of aliphatic hydroxyl groups excluding tert-OH is 1. The van der Waals surface area contributed by atoms with Gasteiger partial charge < -0.3 is 5.11 Å². The van der Waals surface area contributed by atoms with Crippen LogP contribution in [0, 0.1) is 3.70 Å². The fourth-order valence-electron chi connectivity index (χ4n) is 0.879. The van der Waals surface area contributed by atoms with Crippen molar-refractivity contribution in [2.45, 2.75) is 13.0 Å². The molecule has 1 heterocycles. The van der Waals surface area contributed by atoms with E-state index in [0.29, 0.717) is 8.30 Å². The molecule has 72 valence electrons. The molecule has 1 rings (SSSR count). The van der Waals surface area contributed by atoms with Crippen LogP contribution in [0.2, 0.25) is 0 Å². The summed E-state index contributed by atoms with van der Waals surface area (Å²) in [6, 6.07) is 1.22. The van der Waals surface area contributed by atoms with E-state index >= 15 is 0 Å². The Morgan fingerprint density at radius 3 is 2.69 bits per heavy atom. The highest BCUT2D eigenvalue weighted by atomic mass is 127. The highest BCUT2D eigenvalue weighted by molar-refractivity contribution is 14.1. The van der Waals surface area contributed by atoms with Crippen molar-refractivity contribution < 1.29 is 13.9 Å². The summed E-state index contributed by atoms with van der Waals surface area (Å²) >= 11 is 4.82. The van der Waals surface area contributed by atoms with Crippen LogP contribution in [0.3, 0.4) is 0 Å². The van der Waals surface area contributed by atoms with Gasteiger partial charge in [0, 0.05) is 11.1 Å². The molecule has 0 fully saturated rings. The Morgan fingerprint density at radius 1 is 1.62 bits per heavy atom. The molecule has 0 aliphatic heterocycles. The lowest BCUT2D eigenvalue weighted by molar-refractivity contribution is 0.146. The summed E-state index contributed by atoms with van der Waals surface area (Å²) < 4.78 is 25.6. The van der Waals surface area contributed by atoms with Crippen molar-refractivity contribution in [2.24, 2.45) is 0 Å². The van der Waals surface area contributed by atoms with Crippen molar-refractivity contribution in [1.82, 2.24) is 4.98 Å². The number of halogens is 4. The number of alkyl halides is 2. The zero-order chi connectivity index (χ0) is 10.0. The highest BCUT2D eigenvalue weighted by Crippen LogP contribution is 2.28. The Hall–Kier alpha value is 0.180. The van der Waals surface area contributed by atoms with Gasteiger partial charge in [-0.3, -0.25) is 0 Å². The monoisotopic (exact) mass is 363 g/mol. The predicted molar refractivity (Wildman–Crippen MR) is 55.5 cm³/mol. The minimum atomic E-state index is -2.59. The molecule has 0 spiro atoms. The van der Waals surface area contributed by atoms with Crippen LogP contribution in [0.25, 0.3) is 0 Å². The molecule has 0 unspecified atom stereocenters. The van der Waals surface area contributed by atoms with Crippen LogP contribution < -0.4 is 0 Å². The molecule has 0 aliphatic rings. The molecular formula is C7H5BrF2INO. The molecule has 13 heavy (non-hydrogen) atoms. The third-order valence-electron chi connectivity index (χ3n) is 1.47. The minimum absolute atomic E-state index is 0.172. The van der Waals surface area contributed by atoms with E-state index in [0.717, 1.165) is 0 Å². The van der Waals surface area contributed by atoms with Gasteiger partial charge in [0.15, 0.2) is 0 Å². The van der Waals surface area contributed by atoms with Crippen molar-refractivity contribution >= 4 is 38.5 Å². The minimum Gasteiger partial charge on any atom is -0.392 e. The van der Waals surface area contributed by atoms with Crippen molar-refractivity contribution in [2.75, 3.05) is 0 Å². The van der Waals surface area contributed by atoms with Crippen LogP contribution in [0.4, 0.5) is 8.78 Å². The molecule has 0 saturated carbocycles. The molecule has 0 aliphatic carbocycles. The molecule has 2 nitrogen and oxygen atoms in total. The third-order valence-corrected chi connectivity index (χ3v) is 2.77. The average molecular weight is 364 g/mol. The summed E-state index contributed by atoms with van der Waals surface area (Å²) in [4.78, 5) is 3.90. The first kappa shape index (κ1) is 11.3. The lowest BCUT2D eigenvalue weighted by atomic mass is 10.1. The molecule has 0 amide bonds. The van der Waals surface area contributed by atoms with E-state index < -0.39 is 13.0 Å². The molecule has 1 aromatic heterocycles. The van der Waals surface area contributed by atoms with Gasteiger partial charge in [0.05, 0.1) is 6.61 Å². The van der Waals surface area contributed by atoms with Crippen LogP contribution in [-0.2, 0) is 6.61 Å². The second kappa shape index (κ2) is 4.61. The number of pyridine rings is 1. The van der Waals surface area contributed by atoms with Crippen molar-refractivity contribution in [3.05, 3.63) is 25.5 Å². The van der Waals surface area contributed by atoms with Crippen LogP contribution in [0.5, 0.6) is 0 Å². The number of hydrogen-bond donors (Lipinski definition) is 1. The van der Waals surface area contributed by atoms with E-state index in [1.807, 2.05) is 22.6 Å². The highest BCUT2D eigenvalue weighted by Gasteiger charge is 2.16. The van der Waals surface area contributed by atoms with E-state index in [1.54, 1.807) is 0 Å². The predicted octanol–water partition coefficient (Wildman–Crippen LogP) is 2.88. The largest absolute Gasteiger partial charge is 0.392 e. The number of aliphatic hydroxyl groups is 1. The summed E-state index contributed by atoms with van der Waals surface area (Å²) in [5.74, 6) is 0. The third kappa shape index (κ3) is 2.57. The molecule has 0 saturated heterocycles. The first-order valence-electron chi connectivity index (χ1n) is 3.30. The topological polar surface area (TPSA) is 33.1 Å². The molecule has 1 N–H and O–H groups in total. The maximum Gasteiger partial charge on any atom is 0.264 e. The van der Waals surface area contributed by atoms with E-state index in [1.165, 1.54) is 6.07 Å². The Kier molecular flexibility index (Phi) is 3.99. The maximum atomic E-state index is 12.4. The van der Waals surface area contributed by atoms with Crippen molar-refractivity contribution in [1.29, 1.82) is 0 Å². The first-order chi connectivity index (χ1) is 6.06. The second-order valence-electron chi connectivity index (χ2n) is 2.26. The normalized spacial score (nSPS) is 10.9. The van der Waals surface area contributed by atoms with E-state index in [2.05, 4.69) is 20.9 Å². The molecule has 0 bridgehead atoms. The van der Waals surface area contributed by atoms with E-state index in [9.17, 15) is 8.78 Å². The van der Waals surface area contributed by atoms with Gasteiger partial charge in [0.25, 0.3) is 6.43 Å². The summed E-state index contributed by atoms with van der Waals surface area (Å²) in [5.41, 5.74) is 0.0209. The maximum absolute atomic E-state index is 12.4.